The van der Waals surface area contributed by atoms with Crippen molar-refractivity contribution in [3.8, 4) is 0 Å². The topological polar surface area (TPSA) is 88.1 Å². The largest absolute Gasteiger partial charge is 0.478 e. The third-order valence-corrected chi connectivity index (χ3v) is 4.38. The monoisotopic (exact) mass is 388 g/mol. The molecule has 0 aromatic heterocycles. The molecule has 1 atom stereocenters. The number of rotatable bonds is 6. The summed E-state index contributed by atoms with van der Waals surface area (Å²) >= 11 is 0. The Morgan fingerprint density at radius 2 is 2.04 bits per heavy atom. The van der Waals surface area contributed by atoms with Crippen molar-refractivity contribution in [3.63, 3.8) is 0 Å². The van der Waals surface area contributed by atoms with Gasteiger partial charge in [0.2, 0.25) is 0 Å². The van der Waals surface area contributed by atoms with Gasteiger partial charge in [0, 0.05) is 13.6 Å². The second kappa shape index (κ2) is 8.81. The maximum absolute atomic E-state index is 13.9. The molecule has 1 saturated heterocycles. The zero-order valence-corrected chi connectivity index (χ0v) is 15.4. The van der Waals surface area contributed by atoms with E-state index in [4.69, 9.17) is 9.47 Å². The van der Waals surface area contributed by atoms with Crippen LogP contribution in [0.25, 0.3) is 0 Å². The summed E-state index contributed by atoms with van der Waals surface area (Å²) in [4.78, 5) is 25.7. The number of likely N-dealkylation sites (N-methyl/N-ethyl adjacent to an activating group) is 1. The third-order valence-electron chi connectivity index (χ3n) is 4.38. The number of hydrogen-bond acceptors (Lipinski definition) is 5. The summed E-state index contributed by atoms with van der Waals surface area (Å²) in [6.07, 6.45) is -0.145. The molecule has 0 unspecified atom stereocenters. The van der Waals surface area contributed by atoms with Crippen LogP contribution in [0.3, 0.4) is 0 Å². The van der Waals surface area contributed by atoms with Crippen LogP contribution < -0.4 is 10.2 Å². The molecule has 0 saturated carbocycles. The molecule has 1 heterocycles. The lowest BCUT2D eigenvalue weighted by Crippen LogP contribution is -2.38. The second-order valence-electron chi connectivity index (χ2n) is 6.42. The number of amides is 1. The molecule has 0 aliphatic carbocycles. The van der Waals surface area contributed by atoms with Gasteiger partial charge in [-0.2, -0.15) is 0 Å². The summed E-state index contributed by atoms with van der Waals surface area (Å²) in [5.74, 6) is -2.44. The zero-order valence-electron chi connectivity index (χ0n) is 15.4. The number of carbonyl (C=O) groups is 2. The number of halogens is 1. The fourth-order valence-corrected chi connectivity index (χ4v) is 2.98. The van der Waals surface area contributed by atoms with Gasteiger partial charge < -0.3 is 24.8 Å². The van der Waals surface area contributed by atoms with Crippen LogP contribution in [0, 0.1) is 5.82 Å². The van der Waals surface area contributed by atoms with Gasteiger partial charge in [-0.15, -0.1) is 0 Å². The number of benzene rings is 2. The first kappa shape index (κ1) is 19.8. The highest BCUT2D eigenvalue weighted by atomic mass is 19.1. The summed E-state index contributed by atoms with van der Waals surface area (Å²) < 4.78 is 25.0. The second-order valence-corrected chi connectivity index (χ2v) is 6.42. The van der Waals surface area contributed by atoms with E-state index in [1.54, 1.807) is 19.2 Å². The van der Waals surface area contributed by atoms with Crippen LogP contribution in [0.2, 0.25) is 0 Å². The molecule has 1 fully saturated rings. The first-order valence-corrected chi connectivity index (χ1v) is 8.79. The average molecular weight is 388 g/mol. The Morgan fingerprint density at radius 1 is 1.25 bits per heavy atom. The van der Waals surface area contributed by atoms with E-state index in [9.17, 15) is 19.1 Å². The van der Waals surface area contributed by atoms with Crippen LogP contribution in [0.5, 0.6) is 0 Å². The van der Waals surface area contributed by atoms with Crippen molar-refractivity contribution < 1.29 is 28.6 Å². The Hall–Kier alpha value is -2.97. The van der Waals surface area contributed by atoms with Crippen LogP contribution in [0.4, 0.5) is 15.8 Å². The number of ether oxygens (including phenoxy) is 2. The summed E-state index contributed by atoms with van der Waals surface area (Å²) in [6, 6.07) is 10.0. The Balaban J connectivity index is 1.86. The molecule has 2 aromatic rings. The molecule has 28 heavy (non-hydrogen) atoms. The van der Waals surface area contributed by atoms with Gasteiger partial charge in [0.1, 0.15) is 5.82 Å². The minimum atomic E-state index is -1.13. The molecule has 0 bridgehead atoms. The van der Waals surface area contributed by atoms with Crippen molar-refractivity contribution in [2.24, 2.45) is 0 Å². The number of hydrogen-bond donors (Lipinski definition) is 2. The van der Waals surface area contributed by atoms with Crippen LogP contribution in [-0.4, -0.2) is 56.5 Å². The number of nitrogens with zero attached hydrogens (tertiary/aromatic N) is 1. The van der Waals surface area contributed by atoms with Gasteiger partial charge in [-0.3, -0.25) is 4.79 Å². The Labute approximate surface area is 161 Å². The van der Waals surface area contributed by atoms with Crippen LogP contribution in [-0.2, 0) is 9.47 Å². The van der Waals surface area contributed by atoms with Gasteiger partial charge in [0.25, 0.3) is 5.91 Å². The van der Waals surface area contributed by atoms with E-state index in [0.29, 0.717) is 32.1 Å². The highest BCUT2D eigenvalue weighted by Gasteiger charge is 2.20. The highest BCUT2D eigenvalue weighted by Crippen LogP contribution is 2.28. The van der Waals surface area contributed by atoms with Crippen molar-refractivity contribution in [3.05, 3.63) is 59.4 Å². The Morgan fingerprint density at radius 3 is 2.71 bits per heavy atom. The number of anilines is 2. The normalized spacial score (nSPS) is 16.4. The summed E-state index contributed by atoms with van der Waals surface area (Å²) in [5.41, 5.74) is 0.746. The standard InChI is InChI=1S/C20H21FN2O5/c1-23(11-14-12-27-8-9-28-14)18-7-6-13(20(25)26)10-17(18)22-19(24)15-4-2-3-5-16(15)21/h2-7,10,14H,8-9,11-12H2,1H3,(H,22,24)(H,25,26)/t14-/m1/s1. The van der Waals surface area contributed by atoms with E-state index in [-0.39, 0.29) is 22.9 Å². The van der Waals surface area contributed by atoms with Crippen molar-refractivity contribution >= 4 is 23.3 Å². The molecule has 1 amide bonds. The quantitative estimate of drug-likeness (QED) is 0.791. The van der Waals surface area contributed by atoms with E-state index in [0.717, 1.165) is 0 Å². The fraction of sp³-hybridized carbons (Fsp3) is 0.300. The van der Waals surface area contributed by atoms with E-state index in [2.05, 4.69) is 5.32 Å². The molecular formula is C20H21FN2O5. The predicted octanol–water partition coefficient (Wildman–Crippen LogP) is 2.63. The molecule has 7 nitrogen and oxygen atoms in total. The Bertz CT molecular complexity index is 867. The van der Waals surface area contributed by atoms with Gasteiger partial charge in [0.05, 0.1) is 48.4 Å². The number of carbonyl (C=O) groups excluding carboxylic acids is 1. The first-order chi connectivity index (χ1) is 13.5. The molecule has 3 rings (SSSR count). The molecular weight excluding hydrogens is 367 g/mol. The summed E-state index contributed by atoms with van der Waals surface area (Å²) in [6.45, 7) is 1.99. The number of carboxylic acids is 1. The molecule has 1 aliphatic rings. The molecule has 0 spiro atoms. The maximum atomic E-state index is 13.9. The smallest absolute Gasteiger partial charge is 0.335 e. The minimum absolute atomic E-state index is 0.0123. The average Bonchev–Trinajstić information content (AvgIpc) is 2.68. The predicted molar refractivity (Wildman–Crippen MR) is 102 cm³/mol. The van der Waals surface area contributed by atoms with Gasteiger partial charge in [-0.05, 0) is 30.3 Å². The first-order valence-electron chi connectivity index (χ1n) is 8.79. The van der Waals surface area contributed by atoms with E-state index in [1.807, 2.05) is 4.90 Å². The molecule has 2 N–H and O–H groups in total. The minimum Gasteiger partial charge on any atom is -0.478 e. The highest BCUT2D eigenvalue weighted by molar-refractivity contribution is 6.06. The Kier molecular flexibility index (Phi) is 6.23. The summed E-state index contributed by atoms with van der Waals surface area (Å²) in [5, 5.41) is 11.9. The van der Waals surface area contributed by atoms with Gasteiger partial charge in [-0.25, -0.2) is 9.18 Å². The lowest BCUT2D eigenvalue weighted by atomic mass is 10.1. The number of aromatic carboxylic acids is 1. The van der Waals surface area contributed by atoms with Gasteiger partial charge in [0.15, 0.2) is 0 Å². The zero-order chi connectivity index (χ0) is 20.1. The SMILES string of the molecule is CN(C[C@@H]1COCCO1)c1ccc(C(=O)O)cc1NC(=O)c1ccccc1F. The van der Waals surface area contributed by atoms with Crippen molar-refractivity contribution in [1.82, 2.24) is 0 Å². The third kappa shape index (κ3) is 4.65. The van der Waals surface area contributed by atoms with Crippen LogP contribution in [0.1, 0.15) is 20.7 Å². The van der Waals surface area contributed by atoms with Crippen molar-refractivity contribution in [2.45, 2.75) is 6.10 Å². The molecule has 2 aromatic carbocycles. The fourth-order valence-electron chi connectivity index (χ4n) is 2.98. The van der Waals surface area contributed by atoms with Crippen LogP contribution in [0.15, 0.2) is 42.5 Å². The van der Waals surface area contributed by atoms with Crippen molar-refractivity contribution in [1.29, 1.82) is 0 Å². The summed E-state index contributed by atoms with van der Waals surface area (Å²) in [7, 11) is 1.80. The number of carboxylic acid groups (broad SMARTS) is 1. The lowest BCUT2D eigenvalue weighted by Gasteiger charge is -2.30. The molecule has 0 radical (unpaired) electrons. The molecule has 148 valence electrons. The van der Waals surface area contributed by atoms with E-state index in [1.165, 1.54) is 30.3 Å². The van der Waals surface area contributed by atoms with E-state index >= 15 is 0 Å². The van der Waals surface area contributed by atoms with Gasteiger partial charge >= 0.3 is 5.97 Å². The lowest BCUT2D eigenvalue weighted by molar-refractivity contribution is -0.0837. The van der Waals surface area contributed by atoms with E-state index < -0.39 is 17.7 Å². The molecule has 8 heteroatoms. The maximum Gasteiger partial charge on any atom is 0.335 e. The van der Waals surface area contributed by atoms with Crippen molar-refractivity contribution in [2.75, 3.05) is 43.6 Å². The number of nitrogens with one attached hydrogen (secondary N) is 1. The van der Waals surface area contributed by atoms with Gasteiger partial charge in [-0.1, -0.05) is 12.1 Å². The molecule has 1 aliphatic heterocycles. The van der Waals surface area contributed by atoms with Crippen LogP contribution >= 0.6 is 0 Å².